The van der Waals surface area contributed by atoms with Crippen LogP contribution in [0.1, 0.15) is 36.1 Å². The predicted octanol–water partition coefficient (Wildman–Crippen LogP) is 3.52. The lowest BCUT2D eigenvalue weighted by molar-refractivity contribution is 0.183. The fourth-order valence-corrected chi connectivity index (χ4v) is 5.70. The molecule has 0 amide bonds. The maximum Gasteiger partial charge on any atom is 0.263 e. The highest BCUT2D eigenvalue weighted by molar-refractivity contribution is 7.99. The zero-order valence-corrected chi connectivity index (χ0v) is 17.0. The van der Waals surface area contributed by atoms with Gasteiger partial charge in [0.2, 0.25) is 0 Å². The molecule has 0 bridgehead atoms. The van der Waals surface area contributed by atoms with Crippen molar-refractivity contribution in [3.63, 3.8) is 0 Å². The molecular weight excluding hydrogens is 380 g/mol. The van der Waals surface area contributed by atoms with E-state index in [0.717, 1.165) is 29.5 Å². The third-order valence-electron chi connectivity index (χ3n) is 4.76. The number of hydrogen-bond donors (Lipinski definition) is 0. The summed E-state index contributed by atoms with van der Waals surface area (Å²) >= 11 is 3.06. The van der Waals surface area contributed by atoms with E-state index in [1.165, 1.54) is 28.6 Å². The first-order chi connectivity index (χ1) is 13.2. The van der Waals surface area contributed by atoms with Crippen LogP contribution >= 0.6 is 23.1 Å². The van der Waals surface area contributed by atoms with E-state index < -0.39 is 0 Å². The van der Waals surface area contributed by atoms with E-state index in [4.69, 9.17) is 15.0 Å². The molecule has 27 heavy (non-hydrogen) atoms. The third-order valence-corrected chi connectivity index (χ3v) is 7.08. The van der Waals surface area contributed by atoms with Gasteiger partial charge in [-0.1, -0.05) is 11.8 Å². The summed E-state index contributed by atoms with van der Waals surface area (Å²) in [6.07, 6.45) is 5.17. The topological polar surface area (TPSA) is 91.7 Å². The van der Waals surface area contributed by atoms with Crippen molar-refractivity contribution in [2.45, 2.75) is 50.2 Å². The smallest absolute Gasteiger partial charge is 0.263 e. The van der Waals surface area contributed by atoms with Gasteiger partial charge in [0.05, 0.1) is 36.6 Å². The van der Waals surface area contributed by atoms with Crippen LogP contribution < -0.4 is 5.56 Å². The summed E-state index contributed by atoms with van der Waals surface area (Å²) in [4.78, 5) is 20.1. The lowest BCUT2D eigenvalue weighted by atomic mass is 9.97. The molecule has 2 aromatic rings. The first-order valence-corrected chi connectivity index (χ1v) is 10.9. The van der Waals surface area contributed by atoms with Gasteiger partial charge < -0.3 is 4.74 Å². The summed E-state index contributed by atoms with van der Waals surface area (Å²) in [7, 11) is 1.61. The summed E-state index contributed by atoms with van der Waals surface area (Å²) in [5, 5.41) is 19.4. The Kier molecular flexibility index (Phi) is 6.89. The number of methoxy groups -OCH3 is 1. The van der Waals surface area contributed by atoms with Crippen LogP contribution in [-0.4, -0.2) is 29.0 Å². The van der Waals surface area contributed by atoms with Gasteiger partial charge in [0, 0.05) is 24.2 Å². The standard InChI is InChI=1S/C19H22N4O2S2/c1-25-10-9-23-18(24)16-14-6-2-3-7-15(14)27-17(16)22-19(23)26-12-13(11-21)5-4-8-20/h13H,2-7,9-10,12H2,1H3/t13-/m0/s1. The van der Waals surface area contributed by atoms with Crippen LogP contribution in [0.4, 0.5) is 0 Å². The van der Waals surface area contributed by atoms with Crippen molar-refractivity contribution in [2.75, 3.05) is 19.5 Å². The number of thiophene rings is 1. The van der Waals surface area contributed by atoms with Crippen molar-refractivity contribution >= 4 is 33.3 Å². The quantitative estimate of drug-likeness (QED) is 0.495. The summed E-state index contributed by atoms with van der Waals surface area (Å²) < 4.78 is 6.87. The number of rotatable bonds is 8. The third kappa shape index (κ3) is 4.35. The van der Waals surface area contributed by atoms with E-state index in [9.17, 15) is 10.1 Å². The number of thioether (sulfide) groups is 1. The Labute approximate surface area is 166 Å². The van der Waals surface area contributed by atoms with E-state index in [1.807, 2.05) is 0 Å². The van der Waals surface area contributed by atoms with Gasteiger partial charge in [0.25, 0.3) is 5.56 Å². The number of hydrogen-bond acceptors (Lipinski definition) is 7. The molecule has 1 atom stereocenters. The van der Waals surface area contributed by atoms with Gasteiger partial charge in [-0.25, -0.2) is 4.98 Å². The number of fused-ring (bicyclic) bond motifs is 3. The van der Waals surface area contributed by atoms with Crippen LogP contribution in [0.2, 0.25) is 0 Å². The minimum absolute atomic E-state index is 0.00415. The van der Waals surface area contributed by atoms with Crippen LogP contribution in [0, 0.1) is 28.6 Å². The van der Waals surface area contributed by atoms with Crippen molar-refractivity contribution in [1.82, 2.24) is 9.55 Å². The molecule has 0 spiro atoms. The maximum absolute atomic E-state index is 13.2. The molecule has 1 aliphatic carbocycles. The summed E-state index contributed by atoms with van der Waals surface area (Å²) in [6, 6.07) is 4.34. The highest BCUT2D eigenvalue weighted by atomic mass is 32.2. The molecule has 0 saturated heterocycles. The minimum atomic E-state index is -0.227. The molecule has 0 saturated carbocycles. The zero-order valence-electron chi connectivity index (χ0n) is 15.4. The normalized spacial score (nSPS) is 14.5. The maximum atomic E-state index is 13.2. The Morgan fingerprint density at radius 2 is 2.19 bits per heavy atom. The molecule has 2 heterocycles. The number of aryl methyl sites for hydroxylation is 2. The Bertz CT molecular complexity index is 952. The van der Waals surface area contributed by atoms with Crippen molar-refractivity contribution in [3.05, 3.63) is 20.8 Å². The second kappa shape index (κ2) is 9.36. The molecule has 0 fully saturated rings. The Morgan fingerprint density at radius 3 is 2.93 bits per heavy atom. The van der Waals surface area contributed by atoms with Crippen molar-refractivity contribution < 1.29 is 4.74 Å². The molecule has 6 nitrogen and oxygen atoms in total. The molecule has 0 N–H and O–H groups in total. The summed E-state index contributed by atoms with van der Waals surface area (Å²) in [5.41, 5.74) is 1.19. The van der Waals surface area contributed by atoms with Crippen molar-refractivity contribution in [2.24, 2.45) is 5.92 Å². The summed E-state index contributed by atoms with van der Waals surface area (Å²) in [6.45, 7) is 0.879. The number of ether oxygens (including phenoxy) is 1. The Hall–Kier alpha value is -1.87. The minimum Gasteiger partial charge on any atom is -0.383 e. The zero-order chi connectivity index (χ0) is 19.2. The number of nitrogens with zero attached hydrogens (tertiary/aromatic N) is 4. The molecule has 3 rings (SSSR count). The lowest BCUT2D eigenvalue weighted by Crippen LogP contribution is -2.26. The number of nitriles is 2. The van der Waals surface area contributed by atoms with E-state index in [2.05, 4.69) is 12.1 Å². The van der Waals surface area contributed by atoms with Crippen LogP contribution in [0.25, 0.3) is 10.2 Å². The number of aromatic nitrogens is 2. The molecule has 0 radical (unpaired) electrons. The highest BCUT2D eigenvalue weighted by Gasteiger charge is 2.22. The van der Waals surface area contributed by atoms with Crippen molar-refractivity contribution in [3.8, 4) is 12.1 Å². The monoisotopic (exact) mass is 402 g/mol. The summed E-state index contributed by atoms with van der Waals surface area (Å²) in [5.74, 6) is 0.295. The average molecular weight is 403 g/mol. The molecular formula is C19H22N4O2S2. The second-order valence-electron chi connectivity index (χ2n) is 6.57. The lowest BCUT2D eigenvalue weighted by Gasteiger charge is -2.14. The van der Waals surface area contributed by atoms with Gasteiger partial charge in [0.1, 0.15) is 4.83 Å². The first-order valence-electron chi connectivity index (χ1n) is 9.13. The molecule has 0 aromatic carbocycles. The molecule has 1 aliphatic rings. The highest BCUT2D eigenvalue weighted by Crippen LogP contribution is 2.35. The van der Waals surface area contributed by atoms with Crippen molar-refractivity contribution in [1.29, 1.82) is 10.5 Å². The predicted molar refractivity (Wildman–Crippen MR) is 107 cm³/mol. The Balaban J connectivity index is 1.96. The average Bonchev–Trinajstić information content (AvgIpc) is 3.06. The van der Waals surface area contributed by atoms with Crippen LogP contribution in [0.3, 0.4) is 0 Å². The molecule has 8 heteroatoms. The van der Waals surface area contributed by atoms with Gasteiger partial charge in [-0.2, -0.15) is 10.5 Å². The fourth-order valence-electron chi connectivity index (χ4n) is 3.31. The molecule has 142 valence electrons. The second-order valence-corrected chi connectivity index (χ2v) is 8.64. The Morgan fingerprint density at radius 1 is 1.37 bits per heavy atom. The van der Waals surface area contributed by atoms with E-state index in [-0.39, 0.29) is 11.5 Å². The van der Waals surface area contributed by atoms with Gasteiger partial charge in [-0.15, -0.1) is 11.3 Å². The molecule has 0 aliphatic heterocycles. The van der Waals surface area contributed by atoms with Gasteiger partial charge >= 0.3 is 0 Å². The van der Waals surface area contributed by atoms with Gasteiger partial charge in [-0.05, 0) is 37.7 Å². The van der Waals surface area contributed by atoms with Gasteiger partial charge in [0.15, 0.2) is 5.16 Å². The molecule has 0 unspecified atom stereocenters. The fraction of sp³-hybridized carbons (Fsp3) is 0.579. The van der Waals surface area contributed by atoms with Gasteiger partial charge in [-0.3, -0.25) is 9.36 Å². The van der Waals surface area contributed by atoms with Crippen LogP contribution in [0.15, 0.2) is 9.95 Å². The first kappa shape index (κ1) is 19.9. The van der Waals surface area contributed by atoms with E-state index >= 15 is 0 Å². The van der Waals surface area contributed by atoms with E-state index in [1.54, 1.807) is 23.0 Å². The van der Waals surface area contributed by atoms with E-state index in [0.29, 0.717) is 36.9 Å². The van der Waals surface area contributed by atoms with Crippen LogP contribution in [-0.2, 0) is 24.1 Å². The van der Waals surface area contributed by atoms with Crippen LogP contribution in [0.5, 0.6) is 0 Å². The largest absolute Gasteiger partial charge is 0.383 e. The SMILES string of the molecule is COCCn1c(SC[C@H](C#N)CCC#N)nc2sc3c(c2c1=O)CCCC3. The molecule has 2 aromatic heterocycles.